The predicted molar refractivity (Wildman–Crippen MR) is 131 cm³/mol. The van der Waals surface area contributed by atoms with Crippen LogP contribution in [0.3, 0.4) is 0 Å². The van der Waals surface area contributed by atoms with Gasteiger partial charge in [0, 0.05) is 18.9 Å². The molecule has 0 spiro atoms. The molecule has 3 heterocycles. The Labute approximate surface area is 195 Å². The van der Waals surface area contributed by atoms with Crippen molar-refractivity contribution in [1.29, 1.82) is 0 Å². The van der Waals surface area contributed by atoms with Gasteiger partial charge in [-0.1, -0.05) is 52.4 Å². The highest BCUT2D eigenvalue weighted by atomic mass is 16.5. The van der Waals surface area contributed by atoms with Crippen LogP contribution >= 0.6 is 0 Å². The number of nitrogens with one attached hydrogen (secondary N) is 1. The molecule has 2 atom stereocenters. The minimum Gasteiger partial charge on any atom is -0.462 e. The van der Waals surface area contributed by atoms with E-state index in [1.54, 1.807) is 0 Å². The standard InChI is InChI=1S/C27H45N3O2/c1-3-5-7-8-10-14-22-20-23-15-16-24-26(27(31)32-18-12-11-17-28)21(13-9-6-4-2)19-25(29-22)30(23)24/h19,22-23H,3-18,20,28H2,1-2H3/p+1/t22-,23+/m0/s1. The summed E-state index contributed by atoms with van der Waals surface area (Å²) >= 11 is 0. The molecule has 5 nitrogen and oxygen atoms in total. The van der Waals surface area contributed by atoms with Gasteiger partial charge in [0.2, 0.25) is 0 Å². The predicted octanol–water partition coefficient (Wildman–Crippen LogP) is 5.63. The van der Waals surface area contributed by atoms with Crippen LogP contribution in [0.5, 0.6) is 0 Å². The third-order valence-electron chi connectivity index (χ3n) is 7.20. The molecule has 0 aromatic carbocycles. The molecule has 0 saturated heterocycles. The molecule has 0 aliphatic carbocycles. The summed E-state index contributed by atoms with van der Waals surface area (Å²) in [5.41, 5.74) is 8.84. The van der Waals surface area contributed by atoms with Crippen molar-refractivity contribution in [2.24, 2.45) is 5.73 Å². The van der Waals surface area contributed by atoms with Gasteiger partial charge in [-0.3, -0.25) is 5.32 Å². The van der Waals surface area contributed by atoms with Crippen LogP contribution in [-0.4, -0.2) is 25.2 Å². The summed E-state index contributed by atoms with van der Waals surface area (Å²) in [6, 6.07) is 3.36. The maximum Gasteiger partial charge on any atom is 0.342 e. The monoisotopic (exact) mass is 444 g/mol. The van der Waals surface area contributed by atoms with Crippen LogP contribution in [0.15, 0.2) is 6.07 Å². The molecule has 3 rings (SSSR count). The smallest absolute Gasteiger partial charge is 0.342 e. The molecular weight excluding hydrogens is 398 g/mol. The van der Waals surface area contributed by atoms with E-state index >= 15 is 0 Å². The van der Waals surface area contributed by atoms with E-state index in [0.29, 0.717) is 25.2 Å². The molecule has 1 aromatic heterocycles. The summed E-state index contributed by atoms with van der Waals surface area (Å²) in [5.74, 6) is 1.11. The molecule has 32 heavy (non-hydrogen) atoms. The van der Waals surface area contributed by atoms with Gasteiger partial charge in [0.15, 0.2) is 0 Å². The van der Waals surface area contributed by atoms with Crippen LogP contribution in [0.25, 0.3) is 0 Å². The van der Waals surface area contributed by atoms with Crippen molar-refractivity contribution in [2.45, 2.75) is 122 Å². The highest BCUT2D eigenvalue weighted by Crippen LogP contribution is 2.35. The number of rotatable bonds is 15. The fraction of sp³-hybridized carbons (Fsp3) is 0.778. The summed E-state index contributed by atoms with van der Waals surface area (Å²) in [7, 11) is 0. The number of carbonyl (C=O) groups excluding carboxylic acids is 1. The number of carbonyl (C=O) groups is 1. The largest absolute Gasteiger partial charge is 0.462 e. The van der Waals surface area contributed by atoms with Gasteiger partial charge in [-0.05, 0) is 57.1 Å². The number of unbranched alkanes of at least 4 members (excludes halogenated alkanes) is 7. The van der Waals surface area contributed by atoms with E-state index in [0.717, 1.165) is 44.1 Å². The van der Waals surface area contributed by atoms with Gasteiger partial charge in [0.05, 0.1) is 12.6 Å². The van der Waals surface area contributed by atoms with Crippen molar-refractivity contribution >= 4 is 11.8 Å². The molecule has 2 aliphatic rings. The van der Waals surface area contributed by atoms with Crippen molar-refractivity contribution in [3.8, 4) is 0 Å². The van der Waals surface area contributed by atoms with E-state index in [1.165, 1.54) is 74.9 Å². The van der Waals surface area contributed by atoms with Crippen molar-refractivity contribution in [1.82, 2.24) is 0 Å². The van der Waals surface area contributed by atoms with E-state index in [-0.39, 0.29) is 5.97 Å². The third kappa shape index (κ3) is 6.46. The summed E-state index contributed by atoms with van der Waals surface area (Å²) in [4.78, 5) is 13.2. The van der Waals surface area contributed by atoms with E-state index in [9.17, 15) is 4.79 Å². The number of aryl methyl sites for hydroxylation is 1. The van der Waals surface area contributed by atoms with Gasteiger partial charge in [0.1, 0.15) is 17.3 Å². The number of hydrogen-bond donors (Lipinski definition) is 2. The lowest BCUT2D eigenvalue weighted by molar-refractivity contribution is -0.708. The quantitative estimate of drug-likeness (QED) is 0.209. The second-order valence-corrected chi connectivity index (χ2v) is 9.81. The first-order chi connectivity index (χ1) is 15.7. The van der Waals surface area contributed by atoms with Gasteiger partial charge in [-0.2, -0.15) is 0 Å². The summed E-state index contributed by atoms with van der Waals surface area (Å²) < 4.78 is 8.15. The molecule has 0 fully saturated rings. The Kier molecular flexibility index (Phi) is 10.3. The van der Waals surface area contributed by atoms with Crippen LogP contribution in [0, 0.1) is 0 Å². The van der Waals surface area contributed by atoms with E-state index in [2.05, 4.69) is 29.8 Å². The Bertz CT molecular complexity index is 734. The number of esters is 1. The van der Waals surface area contributed by atoms with Gasteiger partial charge in [-0.15, -0.1) is 0 Å². The second kappa shape index (κ2) is 13.2. The number of aromatic nitrogens is 1. The minimum atomic E-state index is -0.127. The maximum absolute atomic E-state index is 13.2. The third-order valence-corrected chi connectivity index (χ3v) is 7.20. The lowest BCUT2D eigenvalue weighted by Gasteiger charge is -2.27. The van der Waals surface area contributed by atoms with Gasteiger partial charge in [-0.25, -0.2) is 9.36 Å². The first-order valence-corrected chi connectivity index (χ1v) is 13.4. The van der Waals surface area contributed by atoms with Crippen molar-refractivity contribution in [2.75, 3.05) is 18.5 Å². The van der Waals surface area contributed by atoms with E-state index < -0.39 is 0 Å². The summed E-state index contributed by atoms with van der Waals surface area (Å²) in [6.45, 7) is 5.61. The molecule has 0 unspecified atom stereocenters. The topological polar surface area (TPSA) is 68.2 Å². The Balaban J connectivity index is 1.76. The maximum atomic E-state index is 13.2. The van der Waals surface area contributed by atoms with Crippen LogP contribution in [0.4, 0.5) is 5.82 Å². The fourth-order valence-corrected chi connectivity index (χ4v) is 5.46. The average Bonchev–Trinajstić information content (AvgIpc) is 3.21. The fourth-order valence-electron chi connectivity index (χ4n) is 5.46. The Morgan fingerprint density at radius 2 is 1.88 bits per heavy atom. The number of ether oxygens (including phenoxy) is 1. The zero-order chi connectivity index (χ0) is 22.8. The number of hydrogen-bond acceptors (Lipinski definition) is 4. The SMILES string of the molecule is CCCCCCC[C@H]1C[C@H]2CCc3c(C(=O)OCCCCN)c(CCCCC)cc([n+]32)N1. The van der Waals surface area contributed by atoms with Crippen LogP contribution in [-0.2, 0) is 17.6 Å². The molecule has 3 N–H and O–H groups in total. The highest BCUT2D eigenvalue weighted by molar-refractivity contribution is 5.92. The Hall–Kier alpha value is -1.62. The lowest BCUT2D eigenvalue weighted by Crippen LogP contribution is -2.50. The Morgan fingerprint density at radius 1 is 1.09 bits per heavy atom. The summed E-state index contributed by atoms with van der Waals surface area (Å²) in [5, 5.41) is 3.85. The van der Waals surface area contributed by atoms with Crippen LogP contribution < -0.4 is 15.6 Å². The molecule has 5 heteroatoms. The van der Waals surface area contributed by atoms with Crippen LogP contribution in [0.1, 0.15) is 125 Å². The molecule has 1 aromatic rings. The molecule has 0 bridgehead atoms. The number of nitrogens with zero attached hydrogens (tertiary/aromatic N) is 1. The Morgan fingerprint density at radius 3 is 2.66 bits per heavy atom. The van der Waals surface area contributed by atoms with Crippen molar-refractivity contribution in [3.63, 3.8) is 0 Å². The average molecular weight is 445 g/mol. The molecule has 0 radical (unpaired) electrons. The van der Waals surface area contributed by atoms with E-state index in [1.807, 2.05) is 0 Å². The zero-order valence-electron chi connectivity index (χ0n) is 20.6. The highest BCUT2D eigenvalue weighted by Gasteiger charge is 2.41. The second-order valence-electron chi connectivity index (χ2n) is 9.81. The van der Waals surface area contributed by atoms with Gasteiger partial charge < -0.3 is 10.5 Å². The number of pyridine rings is 1. The normalized spacial score (nSPS) is 19.0. The lowest BCUT2D eigenvalue weighted by atomic mass is 9.96. The summed E-state index contributed by atoms with van der Waals surface area (Å²) in [6.07, 6.45) is 17.4. The molecule has 0 saturated carbocycles. The van der Waals surface area contributed by atoms with Crippen LogP contribution in [0.2, 0.25) is 0 Å². The first kappa shape index (κ1) is 25.0. The molecule has 180 valence electrons. The van der Waals surface area contributed by atoms with Gasteiger partial charge >= 0.3 is 5.97 Å². The first-order valence-electron chi connectivity index (χ1n) is 13.4. The minimum absolute atomic E-state index is 0.127. The molecule has 2 aliphatic heterocycles. The van der Waals surface area contributed by atoms with Gasteiger partial charge in [0.25, 0.3) is 5.82 Å². The zero-order valence-corrected chi connectivity index (χ0v) is 20.6. The number of anilines is 1. The van der Waals surface area contributed by atoms with Crippen molar-refractivity contribution < 1.29 is 14.1 Å². The molecule has 0 amide bonds. The molecular formula is C27H46N3O2+. The van der Waals surface area contributed by atoms with Crippen molar-refractivity contribution in [3.05, 3.63) is 22.9 Å². The van der Waals surface area contributed by atoms with E-state index in [4.69, 9.17) is 10.5 Å². The number of nitrogens with two attached hydrogens (primary N) is 1.